The van der Waals surface area contributed by atoms with Gasteiger partial charge >= 0.3 is 5.97 Å². The summed E-state index contributed by atoms with van der Waals surface area (Å²) in [5.41, 5.74) is 0. The van der Waals surface area contributed by atoms with E-state index in [1.165, 1.54) is 6.08 Å². The highest BCUT2D eigenvalue weighted by Gasteiger charge is 1.82. The molecule has 0 aromatic rings. The Kier molecular flexibility index (Phi) is 8.25. The van der Waals surface area contributed by atoms with Crippen molar-refractivity contribution in [2.24, 2.45) is 0 Å². The van der Waals surface area contributed by atoms with Gasteiger partial charge in [0.25, 0.3) is 0 Å². The lowest BCUT2D eigenvalue weighted by Crippen LogP contribution is -1.92. The highest BCUT2D eigenvalue weighted by atomic mass is 16.5. The van der Waals surface area contributed by atoms with Crippen LogP contribution in [-0.4, -0.2) is 24.3 Å². The summed E-state index contributed by atoms with van der Waals surface area (Å²) in [4.78, 5) is 10.0. The van der Waals surface area contributed by atoms with Crippen LogP contribution < -0.4 is 0 Å². The van der Waals surface area contributed by atoms with E-state index in [0.29, 0.717) is 6.61 Å². The number of carboxylic acid groups (broad SMARTS) is 1. The lowest BCUT2D eigenvalue weighted by molar-refractivity contribution is -0.131. The van der Waals surface area contributed by atoms with Gasteiger partial charge < -0.3 is 9.84 Å². The summed E-state index contributed by atoms with van der Waals surface area (Å²) >= 11 is 0. The predicted octanol–water partition coefficient (Wildman–Crippen LogP) is 2.00. The zero-order chi connectivity index (χ0) is 9.94. The van der Waals surface area contributed by atoms with Crippen LogP contribution in [0.15, 0.2) is 24.3 Å². The first kappa shape index (κ1) is 11.9. The number of carboxylic acids is 1. The summed E-state index contributed by atoms with van der Waals surface area (Å²) in [7, 11) is 0. The van der Waals surface area contributed by atoms with Crippen molar-refractivity contribution in [1.82, 2.24) is 0 Å². The summed E-state index contributed by atoms with van der Waals surface area (Å²) < 4.78 is 5.21. The SMILES string of the molecule is CCCCOC/C=C/C=C/C(=O)O. The third-order valence-electron chi connectivity index (χ3n) is 1.34. The van der Waals surface area contributed by atoms with Crippen molar-refractivity contribution in [1.29, 1.82) is 0 Å². The molecule has 0 heterocycles. The molecule has 0 atom stereocenters. The molecule has 0 aliphatic carbocycles. The highest BCUT2D eigenvalue weighted by molar-refractivity contribution is 5.80. The van der Waals surface area contributed by atoms with E-state index in [1.54, 1.807) is 12.2 Å². The van der Waals surface area contributed by atoms with Crippen LogP contribution in [0.4, 0.5) is 0 Å². The fourth-order valence-corrected chi connectivity index (χ4v) is 0.670. The van der Waals surface area contributed by atoms with E-state index in [4.69, 9.17) is 9.84 Å². The van der Waals surface area contributed by atoms with E-state index in [-0.39, 0.29) is 0 Å². The van der Waals surface area contributed by atoms with Crippen molar-refractivity contribution in [3.63, 3.8) is 0 Å². The number of carbonyl (C=O) groups is 1. The maximum absolute atomic E-state index is 10.0. The third kappa shape index (κ3) is 10.9. The van der Waals surface area contributed by atoms with Gasteiger partial charge in [0.05, 0.1) is 6.61 Å². The first-order valence-corrected chi connectivity index (χ1v) is 4.41. The van der Waals surface area contributed by atoms with Gasteiger partial charge in [-0.05, 0) is 6.42 Å². The molecule has 0 bridgehead atoms. The maximum Gasteiger partial charge on any atom is 0.328 e. The number of aliphatic carboxylic acids is 1. The normalized spacial score (nSPS) is 11.5. The van der Waals surface area contributed by atoms with Gasteiger partial charge in [-0.15, -0.1) is 0 Å². The molecule has 13 heavy (non-hydrogen) atoms. The predicted molar refractivity (Wildman–Crippen MR) is 51.6 cm³/mol. The fraction of sp³-hybridized carbons (Fsp3) is 0.500. The van der Waals surface area contributed by atoms with Crippen LogP contribution in [0.3, 0.4) is 0 Å². The van der Waals surface area contributed by atoms with Crippen LogP contribution >= 0.6 is 0 Å². The molecule has 0 saturated carbocycles. The zero-order valence-electron chi connectivity index (χ0n) is 7.90. The Morgan fingerprint density at radius 3 is 2.85 bits per heavy atom. The number of ether oxygens (including phenoxy) is 1. The summed E-state index contributed by atoms with van der Waals surface area (Å²) in [6.07, 6.45) is 8.21. The minimum Gasteiger partial charge on any atom is -0.478 e. The lowest BCUT2D eigenvalue weighted by Gasteiger charge is -1.96. The van der Waals surface area contributed by atoms with E-state index in [0.717, 1.165) is 25.5 Å². The minimum absolute atomic E-state index is 0.546. The Morgan fingerprint density at radius 2 is 2.23 bits per heavy atom. The Morgan fingerprint density at radius 1 is 1.46 bits per heavy atom. The Labute approximate surface area is 78.7 Å². The summed E-state index contributed by atoms with van der Waals surface area (Å²) in [6, 6.07) is 0. The molecular weight excluding hydrogens is 168 g/mol. The van der Waals surface area contributed by atoms with E-state index in [1.807, 2.05) is 0 Å². The molecular formula is C10H16O3. The van der Waals surface area contributed by atoms with Crippen LogP contribution in [0.25, 0.3) is 0 Å². The van der Waals surface area contributed by atoms with Gasteiger partial charge in [-0.3, -0.25) is 0 Å². The second-order valence-corrected chi connectivity index (χ2v) is 2.55. The van der Waals surface area contributed by atoms with Gasteiger partial charge in [0.2, 0.25) is 0 Å². The van der Waals surface area contributed by atoms with Crippen molar-refractivity contribution in [2.75, 3.05) is 13.2 Å². The van der Waals surface area contributed by atoms with Gasteiger partial charge in [-0.1, -0.05) is 31.6 Å². The van der Waals surface area contributed by atoms with Crippen LogP contribution in [0.1, 0.15) is 19.8 Å². The molecule has 0 aromatic carbocycles. The van der Waals surface area contributed by atoms with Gasteiger partial charge in [0, 0.05) is 12.7 Å². The van der Waals surface area contributed by atoms with Crippen molar-refractivity contribution in [3.05, 3.63) is 24.3 Å². The molecule has 1 N–H and O–H groups in total. The molecule has 0 aliphatic rings. The number of hydrogen-bond donors (Lipinski definition) is 1. The van der Waals surface area contributed by atoms with Crippen molar-refractivity contribution in [3.8, 4) is 0 Å². The van der Waals surface area contributed by atoms with Crippen LogP contribution in [-0.2, 0) is 9.53 Å². The minimum atomic E-state index is -0.934. The second kappa shape index (κ2) is 9.00. The highest BCUT2D eigenvalue weighted by Crippen LogP contribution is 1.88. The smallest absolute Gasteiger partial charge is 0.328 e. The Hall–Kier alpha value is -1.09. The average Bonchev–Trinajstić information content (AvgIpc) is 2.09. The topological polar surface area (TPSA) is 46.5 Å². The van der Waals surface area contributed by atoms with Gasteiger partial charge in [-0.25, -0.2) is 4.79 Å². The number of allylic oxidation sites excluding steroid dienone is 2. The average molecular weight is 184 g/mol. The van der Waals surface area contributed by atoms with Gasteiger partial charge in [0.1, 0.15) is 0 Å². The fourth-order valence-electron chi connectivity index (χ4n) is 0.670. The lowest BCUT2D eigenvalue weighted by atomic mass is 10.4. The maximum atomic E-state index is 10.0. The first-order valence-electron chi connectivity index (χ1n) is 4.41. The van der Waals surface area contributed by atoms with E-state index >= 15 is 0 Å². The van der Waals surface area contributed by atoms with Crippen molar-refractivity contribution >= 4 is 5.97 Å². The first-order chi connectivity index (χ1) is 6.27. The monoisotopic (exact) mass is 184 g/mol. The molecule has 0 unspecified atom stereocenters. The largest absolute Gasteiger partial charge is 0.478 e. The molecule has 0 rings (SSSR count). The number of rotatable bonds is 7. The molecule has 0 fully saturated rings. The molecule has 0 aromatic heterocycles. The molecule has 3 heteroatoms. The quantitative estimate of drug-likeness (QED) is 0.374. The standard InChI is InChI=1S/C10H16O3/c1-2-3-8-13-9-6-4-5-7-10(11)12/h4-7H,2-3,8-9H2,1H3,(H,11,12)/b6-4+,7-5+. The molecule has 3 nitrogen and oxygen atoms in total. The number of unbranched alkanes of at least 4 members (excludes halogenated alkanes) is 1. The van der Waals surface area contributed by atoms with Crippen LogP contribution in [0.2, 0.25) is 0 Å². The Bertz CT molecular complexity index is 183. The molecule has 0 spiro atoms. The molecule has 0 amide bonds. The number of hydrogen-bond acceptors (Lipinski definition) is 2. The molecule has 0 aliphatic heterocycles. The van der Waals surface area contributed by atoms with E-state index in [9.17, 15) is 4.79 Å². The summed E-state index contributed by atoms with van der Waals surface area (Å²) in [5.74, 6) is -0.934. The van der Waals surface area contributed by atoms with Crippen molar-refractivity contribution < 1.29 is 14.6 Å². The van der Waals surface area contributed by atoms with Gasteiger partial charge in [-0.2, -0.15) is 0 Å². The van der Waals surface area contributed by atoms with Crippen LogP contribution in [0, 0.1) is 0 Å². The molecule has 0 saturated heterocycles. The van der Waals surface area contributed by atoms with Gasteiger partial charge in [0.15, 0.2) is 0 Å². The van der Waals surface area contributed by atoms with Crippen LogP contribution in [0.5, 0.6) is 0 Å². The molecule has 0 radical (unpaired) electrons. The van der Waals surface area contributed by atoms with Crippen molar-refractivity contribution in [2.45, 2.75) is 19.8 Å². The summed E-state index contributed by atoms with van der Waals surface area (Å²) in [6.45, 7) is 3.42. The van der Waals surface area contributed by atoms with E-state index in [2.05, 4.69) is 6.92 Å². The van der Waals surface area contributed by atoms with E-state index < -0.39 is 5.97 Å². The Balaban J connectivity index is 3.26. The molecule has 74 valence electrons. The zero-order valence-corrected chi connectivity index (χ0v) is 7.90. The third-order valence-corrected chi connectivity index (χ3v) is 1.34. The summed E-state index contributed by atoms with van der Waals surface area (Å²) in [5, 5.41) is 8.23. The second-order valence-electron chi connectivity index (χ2n) is 2.55.